The van der Waals surface area contributed by atoms with E-state index in [0.717, 1.165) is 60.5 Å². The molecule has 3 aromatic heterocycles. The zero-order chi connectivity index (χ0) is 51.2. The van der Waals surface area contributed by atoms with Gasteiger partial charge in [-0.25, -0.2) is 4.98 Å². The average Bonchev–Trinajstić information content (AvgIpc) is 4.10. The van der Waals surface area contributed by atoms with E-state index in [1.165, 1.54) is 9.78 Å². The zero-order valence-corrected chi connectivity index (χ0v) is 44.0. The Bertz CT molecular complexity index is 3030. The number of β-amino-alcohol motifs (C(OH)–C–C–N with tert-alkyl or cyclic N) is 1. The molecule has 0 spiro atoms. The number of benzene rings is 3. The van der Waals surface area contributed by atoms with E-state index in [1.54, 1.807) is 22.7 Å². The van der Waals surface area contributed by atoms with Crippen molar-refractivity contribution in [3.8, 4) is 21.2 Å². The van der Waals surface area contributed by atoms with E-state index < -0.39 is 35.6 Å². The predicted molar refractivity (Wildman–Crippen MR) is 280 cm³/mol. The number of carbonyl (C=O) groups excluding carboxylic acids is 4. The molecule has 1 saturated carbocycles. The molecule has 4 amide bonds. The molecule has 15 nitrogen and oxygen atoms in total. The Morgan fingerprint density at radius 1 is 0.889 bits per heavy atom. The van der Waals surface area contributed by atoms with Gasteiger partial charge in [-0.2, -0.15) is 0 Å². The molecular weight excluding hydrogens is 970 g/mol. The maximum absolute atomic E-state index is 14.3. The van der Waals surface area contributed by atoms with Crippen molar-refractivity contribution in [2.75, 3.05) is 6.54 Å². The molecule has 376 valence electrons. The first-order valence-corrected chi connectivity index (χ1v) is 26.4. The molecule has 4 N–H and O–H groups in total. The first-order valence-electron chi connectivity index (χ1n) is 24.3. The number of nitrogens with one attached hydrogen (secondary N) is 3. The molecule has 18 heteroatoms. The number of aliphatic imine (C=N–C) groups is 1. The first-order chi connectivity index (χ1) is 34.3. The lowest BCUT2D eigenvalue weighted by atomic mass is 9.85. The van der Waals surface area contributed by atoms with Crippen LogP contribution >= 0.6 is 34.3 Å². The summed E-state index contributed by atoms with van der Waals surface area (Å²) in [5.41, 5.74) is 8.58. The molecule has 1 unspecified atom stereocenters. The number of carbonyl (C=O) groups is 4. The highest BCUT2D eigenvalue weighted by atomic mass is 35.5. The molecule has 1 saturated heterocycles. The topological polar surface area (TPSA) is 193 Å². The second-order valence-corrected chi connectivity index (χ2v) is 22.8. The third-order valence-electron chi connectivity index (χ3n) is 13.8. The van der Waals surface area contributed by atoms with Crippen LogP contribution < -0.4 is 20.7 Å². The molecule has 3 aromatic carbocycles. The second-order valence-electron chi connectivity index (χ2n) is 20.3. The molecule has 9 rings (SSSR count). The summed E-state index contributed by atoms with van der Waals surface area (Å²) in [5.74, 6) is 0.706. The fourth-order valence-electron chi connectivity index (χ4n) is 9.67. The first kappa shape index (κ1) is 50.7. The van der Waals surface area contributed by atoms with Gasteiger partial charge in [0.05, 0.1) is 46.8 Å². The van der Waals surface area contributed by atoms with E-state index in [2.05, 4.69) is 45.0 Å². The minimum atomic E-state index is -0.959. The number of ether oxygens (including phenoxy) is 1. The lowest BCUT2D eigenvalue weighted by molar-refractivity contribution is -0.144. The smallest absolute Gasteiger partial charge is 0.246 e. The highest BCUT2D eigenvalue weighted by molar-refractivity contribution is 7.15. The molecule has 6 aromatic rings. The molecule has 3 aliphatic rings. The van der Waals surface area contributed by atoms with Crippen LogP contribution in [0.1, 0.15) is 115 Å². The summed E-state index contributed by atoms with van der Waals surface area (Å²) in [6.07, 6.45) is 0.466. The third kappa shape index (κ3) is 10.8. The molecule has 5 heterocycles. The van der Waals surface area contributed by atoms with Crippen LogP contribution in [0.3, 0.4) is 0 Å². The number of likely N-dealkylation sites (tertiary alicyclic amines) is 1. The molecule has 0 bridgehead atoms. The summed E-state index contributed by atoms with van der Waals surface area (Å²) < 4.78 is 8.29. The van der Waals surface area contributed by atoms with Gasteiger partial charge >= 0.3 is 0 Å². The van der Waals surface area contributed by atoms with Crippen LogP contribution in [0.25, 0.3) is 15.4 Å². The van der Waals surface area contributed by atoms with Gasteiger partial charge in [-0.05, 0) is 86.6 Å². The monoisotopic (exact) mass is 1030 g/mol. The number of fused-ring (bicyclic) bond motifs is 3. The summed E-state index contributed by atoms with van der Waals surface area (Å²) in [7, 11) is 0. The highest BCUT2D eigenvalue weighted by Crippen LogP contribution is 2.40. The van der Waals surface area contributed by atoms with E-state index in [-0.39, 0.29) is 61.7 Å². The number of aromatic nitrogens is 4. The number of aliphatic hydroxyl groups excluding tert-OH is 1. The van der Waals surface area contributed by atoms with Gasteiger partial charge in [0.1, 0.15) is 40.8 Å². The maximum atomic E-state index is 14.3. The number of thiazole rings is 1. The number of aryl methyl sites for hydroxylation is 3. The largest absolute Gasteiger partial charge is 0.490 e. The van der Waals surface area contributed by atoms with E-state index in [9.17, 15) is 24.3 Å². The minimum Gasteiger partial charge on any atom is -0.490 e. The Balaban J connectivity index is 0.768. The van der Waals surface area contributed by atoms with Crippen molar-refractivity contribution in [3.63, 3.8) is 0 Å². The fraction of sp³-hybridized carbons (Fsp3) is 0.407. The second kappa shape index (κ2) is 20.7. The van der Waals surface area contributed by atoms with Crippen molar-refractivity contribution in [1.82, 2.24) is 40.6 Å². The zero-order valence-electron chi connectivity index (χ0n) is 41.7. The summed E-state index contributed by atoms with van der Waals surface area (Å²) in [5, 5.41) is 30.5. The van der Waals surface area contributed by atoms with Crippen LogP contribution in [0, 0.1) is 33.1 Å². The standard InChI is InChI=1S/C54H60ClN9O6S2/c1-28-31(4)72-53-46(28)47(35-15-17-37(55)18-16-35)59-42(50-62-61-32(5)64(50)53)25-45(67)58-38-22-41(23-38)70-40-19-9-33(10-20-40)21-44(66)60-49(54(6,7)8)52(69)63-26-39(65)24-43(63)51(68)57-29(2)34-11-13-36(14-12-34)48-30(3)56-27-71-48/h9-20,27,29,38-39,41-43,49,65H,21-26H2,1-8H3,(H,57,68)(H,58,67)(H,60,66)/t29-,38-,39+,41+,42?,43-,49+/m0/s1. The molecule has 0 radical (unpaired) electrons. The molecule has 2 aliphatic heterocycles. The normalized spacial score (nSPS) is 20.3. The van der Waals surface area contributed by atoms with E-state index in [1.807, 2.05) is 124 Å². The lowest BCUT2D eigenvalue weighted by Crippen LogP contribution is -2.58. The average molecular weight is 1030 g/mol. The van der Waals surface area contributed by atoms with Gasteiger partial charge in [-0.3, -0.25) is 28.7 Å². The Labute approximate surface area is 432 Å². The van der Waals surface area contributed by atoms with Gasteiger partial charge < -0.3 is 30.7 Å². The SMILES string of the molecule is Cc1ncsc1-c1ccc([C@H](C)NC(=O)[C@@H]2C[C@@H](O)CN2C(=O)[C@@H](NC(=O)Cc2ccc(O[C@H]3C[C@@H](NC(=O)CC4N=C(c5ccc(Cl)cc5)c5c(sc(C)c5C)-n5c(C)nnc54)C3)cc2)C(C)(C)C)cc1. The van der Waals surface area contributed by atoms with Gasteiger partial charge in [0.25, 0.3) is 0 Å². The van der Waals surface area contributed by atoms with Gasteiger partial charge in [-0.15, -0.1) is 32.9 Å². The molecular formula is C54H60ClN9O6S2. The van der Waals surface area contributed by atoms with Gasteiger partial charge in [-0.1, -0.05) is 80.9 Å². The number of nitrogens with zero attached hydrogens (tertiary/aromatic N) is 6. The van der Waals surface area contributed by atoms with E-state index >= 15 is 0 Å². The Kier molecular flexibility index (Phi) is 14.6. The van der Waals surface area contributed by atoms with Crippen LogP contribution in [0.4, 0.5) is 0 Å². The van der Waals surface area contributed by atoms with Gasteiger partial charge in [0.2, 0.25) is 23.6 Å². The summed E-state index contributed by atoms with van der Waals surface area (Å²) in [6.45, 7) is 15.5. The Morgan fingerprint density at radius 2 is 1.58 bits per heavy atom. The quantitative estimate of drug-likeness (QED) is 0.0832. The number of aliphatic hydroxyl groups is 1. The fourth-order valence-corrected chi connectivity index (χ4v) is 11.8. The summed E-state index contributed by atoms with van der Waals surface area (Å²) in [4.78, 5) is 68.5. The minimum absolute atomic E-state index is 0.0126. The highest BCUT2D eigenvalue weighted by Gasteiger charge is 2.45. The van der Waals surface area contributed by atoms with Crippen LogP contribution in [-0.4, -0.2) is 96.0 Å². The maximum Gasteiger partial charge on any atom is 0.246 e. The Morgan fingerprint density at radius 3 is 2.25 bits per heavy atom. The van der Waals surface area contributed by atoms with Crippen LogP contribution in [0.2, 0.25) is 5.02 Å². The number of halogens is 1. The number of hydrogen-bond donors (Lipinski definition) is 4. The molecule has 1 aliphatic carbocycles. The van der Waals surface area contributed by atoms with Gasteiger partial charge in [0, 0.05) is 52.9 Å². The number of rotatable bonds is 14. The number of amides is 4. The van der Waals surface area contributed by atoms with Crippen LogP contribution in [0.5, 0.6) is 5.75 Å². The molecule has 2 fully saturated rings. The van der Waals surface area contributed by atoms with Gasteiger partial charge in [0.15, 0.2) is 5.82 Å². The Hall–Kier alpha value is -6.27. The summed E-state index contributed by atoms with van der Waals surface area (Å²) in [6, 6.07) is 20.0. The van der Waals surface area contributed by atoms with E-state index in [4.69, 9.17) is 21.3 Å². The van der Waals surface area contributed by atoms with Crippen molar-refractivity contribution >= 4 is 63.6 Å². The van der Waals surface area contributed by atoms with Crippen LogP contribution in [0.15, 0.2) is 83.3 Å². The number of thiophene rings is 1. The van der Waals surface area contributed by atoms with Crippen LogP contribution in [-0.2, 0) is 25.6 Å². The third-order valence-corrected chi connectivity index (χ3v) is 16.3. The van der Waals surface area contributed by atoms with Crippen molar-refractivity contribution < 1.29 is 29.0 Å². The van der Waals surface area contributed by atoms with Crippen molar-refractivity contribution in [3.05, 3.63) is 133 Å². The molecule has 72 heavy (non-hydrogen) atoms. The van der Waals surface area contributed by atoms with Crippen molar-refractivity contribution in [1.29, 1.82) is 0 Å². The predicted octanol–water partition coefficient (Wildman–Crippen LogP) is 8.26. The summed E-state index contributed by atoms with van der Waals surface area (Å²) >= 11 is 9.51. The van der Waals surface area contributed by atoms with E-state index in [0.29, 0.717) is 29.4 Å². The van der Waals surface area contributed by atoms with Crippen molar-refractivity contribution in [2.45, 2.75) is 130 Å². The van der Waals surface area contributed by atoms with Crippen molar-refractivity contribution in [2.24, 2.45) is 10.4 Å². The molecule has 5 atom stereocenters. The number of hydrogen-bond acceptors (Lipinski definition) is 12. The lowest BCUT2D eigenvalue weighted by Gasteiger charge is -2.36.